The van der Waals surface area contributed by atoms with Crippen molar-refractivity contribution in [2.45, 2.75) is 12.3 Å². The van der Waals surface area contributed by atoms with Gasteiger partial charge in [-0.2, -0.15) is 4.31 Å². The fraction of sp³-hybridized carbons (Fsp3) is 0.333. The molecule has 0 N–H and O–H groups in total. The maximum atomic E-state index is 12.2. The summed E-state index contributed by atoms with van der Waals surface area (Å²) in [5.41, 5.74) is 1.40. The highest BCUT2D eigenvalue weighted by atomic mass is 32.2. The SMILES string of the molecule is CN(Cc1cn(C)nn1)S(=O)(=O)Cc1ccccc1. The first-order valence-electron chi connectivity index (χ1n) is 5.80. The van der Waals surface area contributed by atoms with Gasteiger partial charge < -0.3 is 0 Å². The highest BCUT2D eigenvalue weighted by molar-refractivity contribution is 7.88. The number of hydrogen-bond acceptors (Lipinski definition) is 4. The highest BCUT2D eigenvalue weighted by Gasteiger charge is 2.19. The smallest absolute Gasteiger partial charge is 0.218 e. The minimum atomic E-state index is -3.35. The maximum Gasteiger partial charge on any atom is 0.218 e. The van der Waals surface area contributed by atoms with Crippen LogP contribution in [0, 0.1) is 0 Å². The summed E-state index contributed by atoms with van der Waals surface area (Å²) >= 11 is 0. The molecule has 7 heteroatoms. The molecule has 1 aromatic heterocycles. The summed E-state index contributed by atoms with van der Waals surface area (Å²) in [6.45, 7) is 0.225. The van der Waals surface area contributed by atoms with Crippen LogP contribution in [-0.4, -0.2) is 34.8 Å². The number of benzene rings is 1. The lowest BCUT2D eigenvalue weighted by Gasteiger charge is -2.15. The van der Waals surface area contributed by atoms with E-state index in [1.807, 2.05) is 18.2 Å². The van der Waals surface area contributed by atoms with Crippen molar-refractivity contribution in [2.24, 2.45) is 7.05 Å². The Labute approximate surface area is 112 Å². The minimum absolute atomic E-state index is 0.00932. The topological polar surface area (TPSA) is 68.1 Å². The van der Waals surface area contributed by atoms with E-state index in [-0.39, 0.29) is 12.3 Å². The average Bonchev–Trinajstić information content (AvgIpc) is 2.75. The van der Waals surface area contributed by atoms with Gasteiger partial charge in [0.15, 0.2) is 0 Å². The number of rotatable bonds is 5. The first-order valence-corrected chi connectivity index (χ1v) is 7.41. The van der Waals surface area contributed by atoms with Gasteiger partial charge in [0.2, 0.25) is 10.0 Å². The van der Waals surface area contributed by atoms with Gasteiger partial charge in [0, 0.05) is 20.3 Å². The molecule has 0 fully saturated rings. The molecule has 6 nitrogen and oxygen atoms in total. The van der Waals surface area contributed by atoms with E-state index in [4.69, 9.17) is 0 Å². The van der Waals surface area contributed by atoms with Crippen molar-refractivity contribution in [3.05, 3.63) is 47.8 Å². The Morgan fingerprint density at radius 2 is 1.95 bits per heavy atom. The second-order valence-corrected chi connectivity index (χ2v) is 6.46. The Morgan fingerprint density at radius 3 is 2.53 bits per heavy atom. The van der Waals surface area contributed by atoms with Crippen molar-refractivity contribution in [3.8, 4) is 0 Å². The third kappa shape index (κ3) is 3.62. The zero-order chi connectivity index (χ0) is 13.9. The van der Waals surface area contributed by atoms with E-state index in [0.717, 1.165) is 5.56 Å². The summed E-state index contributed by atoms with van der Waals surface area (Å²) in [7, 11) is -0.0524. The van der Waals surface area contributed by atoms with Gasteiger partial charge in [-0.3, -0.25) is 4.68 Å². The van der Waals surface area contributed by atoms with Crippen LogP contribution in [0.1, 0.15) is 11.3 Å². The molecule has 2 aromatic rings. The van der Waals surface area contributed by atoms with Crippen LogP contribution in [0.25, 0.3) is 0 Å². The molecule has 0 unspecified atom stereocenters. The van der Waals surface area contributed by atoms with E-state index < -0.39 is 10.0 Å². The summed E-state index contributed by atoms with van der Waals surface area (Å²) in [6.07, 6.45) is 1.70. The normalized spacial score (nSPS) is 11.9. The van der Waals surface area contributed by atoms with Crippen molar-refractivity contribution >= 4 is 10.0 Å². The van der Waals surface area contributed by atoms with Gasteiger partial charge in [0.05, 0.1) is 18.0 Å². The van der Waals surface area contributed by atoms with Gasteiger partial charge in [-0.1, -0.05) is 35.5 Å². The molecular formula is C12H16N4O2S. The summed E-state index contributed by atoms with van der Waals surface area (Å²) in [4.78, 5) is 0. The van der Waals surface area contributed by atoms with Crippen LogP contribution in [0.4, 0.5) is 0 Å². The second-order valence-electron chi connectivity index (χ2n) is 4.38. The molecule has 0 amide bonds. The highest BCUT2D eigenvalue weighted by Crippen LogP contribution is 2.11. The molecule has 0 saturated heterocycles. The number of sulfonamides is 1. The van der Waals surface area contributed by atoms with Crippen LogP contribution in [-0.2, 0) is 29.4 Å². The number of hydrogen-bond donors (Lipinski definition) is 0. The summed E-state index contributed by atoms with van der Waals surface area (Å²) in [5.74, 6) is -0.00932. The molecule has 0 bridgehead atoms. The Balaban J connectivity index is 2.07. The van der Waals surface area contributed by atoms with Gasteiger partial charge in [0.25, 0.3) is 0 Å². The van der Waals surface area contributed by atoms with E-state index in [9.17, 15) is 8.42 Å². The van der Waals surface area contributed by atoms with Crippen LogP contribution in [0.3, 0.4) is 0 Å². The van der Waals surface area contributed by atoms with Crippen molar-refractivity contribution in [2.75, 3.05) is 7.05 Å². The molecule has 1 aromatic carbocycles. The first-order chi connectivity index (χ1) is 8.97. The third-order valence-electron chi connectivity index (χ3n) is 2.70. The maximum absolute atomic E-state index is 12.2. The Morgan fingerprint density at radius 1 is 1.26 bits per heavy atom. The predicted molar refractivity (Wildman–Crippen MR) is 71.5 cm³/mol. The lowest BCUT2D eigenvalue weighted by Crippen LogP contribution is -2.27. The molecule has 0 aliphatic carbocycles. The van der Waals surface area contributed by atoms with Crippen molar-refractivity contribution in [1.29, 1.82) is 0 Å². The van der Waals surface area contributed by atoms with Crippen LogP contribution in [0.5, 0.6) is 0 Å². The molecule has 0 radical (unpaired) electrons. The number of aromatic nitrogens is 3. The standard InChI is InChI=1S/C12H16N4O2S/c1-15-8-12(13-14-15)9-16(2)19(17,18)10-11-6-4-3-5-7-11/h3-8H,9-10H2,1-2H3. The molecule has 19 heavy (non-hydrogen) atoms. The molecule has 0 saturated carbocycles. The first kappa shape index (κ1) is 13.7. The minimum Gasteiger partial charge on any atom is -0.255 e. The van der Waals surface area contributed by atoms with Gasteiger partial charge in [-0.05, 0) is 5.56 Å². The van der Waals surface area contributed by atoms with Gasteiger partial charge in [-0.15, -0.1) is 5.10 Å². The van der Waals surface area contributed by atoms with E-state index in [1.165, 1.54) is 4.31 Å². The molecule has 2 rings (SSSR count). The van der Waals surface area contributed by atoms with Crippen molar-refractivity contribution < 1.29 is 8.42 Å². The largest absolute Gasteiger partial charge is 0.255 e. The average molecular weight is 280 g/mol. The molecule has 102 valence electrons. The van der Waals surface area contributed by atoms with Crippen molar-refractivity contribution in [1.82, 2.24) is 19.3 Å². The molecule has 0 aliphatic rings. The van der Waals surface area contributed by atoms with E-state index in [1.54, 1.807) is 37.1 Å². The van der Waals surface area contributed by atoms with Crippen LogP contribution >= 0.6 is 0 Å². The van der Waals surface area contributed by atoms with Crippen LogP contribution in [0.15, 0.2) is 36.5 Å². The van der Waals surface area contributed by atoms with Crippen LogP contribution < -0.4 is 0 Å². The second kappa shape index (κ2) is 5.50. The Kier molecular flexibility index (Phi) is 3.96. The Bertz CT molecular complexity index is 637. The van der Waals surface area contributed by atoms with E-state index in [2.05, 4.69) is 10.3 Å². The molecule has 0 spiro atoms. The third-order valence-corrected chi connectivity index (χ3v) is 4.48. The summed E-state index contributed by atoms with van der Waals surface area (Å²) in [6, 6.07) is 9.11. The predicted octanol–water partition coefficient (Wildman–Crippen LogP) is 0.777. The zero-order valence-electron chi connectivity index (χ0n) is 10.9. The summed E-state index contributed by atoms with van der Waals surface area (Å²) < 4.78 is 27.2. The molecule has 0 atom stereocenters. The Hall–Kier alpha value is -1.73. The van der Waals surface area contributed by atoms with Crippen molar-refractivity contribution in [3.63, 3.8) is 0 Å². The van der Waals surface area contributed by atoms with Crippen LogP contribution in [0.2, 0.25) is 0 Å². The van der Waals surface area contributed by atoms with Gasteiger partial charge in [-0.25, -0.2) is 8.42 Å². The number of aryl methyl sites for hydroxylation is 1. The van der Waals surface area contributed by atoms with E-state index >= 15 is 0 Å². The molecule has 1 heterocycles. The van der Waals surface area contributed by atoms with Gasteiger partial charge in [0.1, 0.15) is 0 Å². The molecule has 0 aliphatic heterocycles. The van der Waals surface area contributed by atoms with Gasteiger partial charge >= 0.3 is 0 Å². The van der Waals surface area contributed by atoms with E-state index in [0.29, 0.717) is 5.69 Å². The fourth-order valence-electron chi connectivity index (χ4n) is 1.69. The lowest BCUT2D eigenvalue weighted by atomic mass is 10.2. The summed E-state index contributed by atoms with van der Waals surface area (Å²) in [5, 5.41) is 7.66. The zero-order valence-corrected chi connectivity index (χ0v) is 11.7. The lowest BCUT2D eigenvalue weighted by molar-refractivity contribution is 0.461. The monoisotopic (exact) mass is 280 g/mol. The quantitative estimate of drug-likeness (QED) is 0.811. The number of nitrogens with zero attached hydrogens (tertiary/aromatic N) is 4. The molecular weight excluding hydrogens is 264 g/mol. The fourth-order valence-corrected chi connectivity index (χ4v) is 2.85.